The summed E-state index contributed by atoms with van der Waals surface area (Å²) >= 11 is 0. The van der Waals surface area contributed by atoms with E-state index in [4.69, 9.17) is 0 Å². The molecule has 1 heterocycles. The minimum absolute atomic E-state index is 1.00. The summed E-state index contributed by atoms with van der Waals surface area (Å²) in [5.41, 5.74) is 3.47. The second-order valence-electron chi connectivity index (χ2n) is 4.64. The first-order valence-electron chi connectivity index (χ1n) is 6.89. The van der Waals surface area contributed by atoms with Gasteiger partial charge in [-0.3, -0.25) is 4.98 Å². The van der Waals surface area contributed by atoms with Crippen LogP contribution < -0.4 is 0 Å². The standard InChI is InChI=1S/C18H19N/c1-2-3-4-5-16-6-8-17(9-7-16)10-11-18-12-14-19-15-13-18/h6-9,12-15H,2-5H2,1H3. The lowest BCUT2D eigenvalue weighted by molar-refractivity contribution is 0.717. The van der Waals surface area contributed by atoms with Crippen molar-refractivity contribution in [1.29, 1.82) is 0 Å². The van der Waals surface area contributed by atoms with E-state index >= 15 is 0 Å². The van der Waals surface area contributed by atoms with E-state index < -0.39 is 0 Å². The number of benzene rings is 1. The summed E-state index contributed by atoms with van der Waals surface area (Å²) in [5, 5.41) is 0. The van der Waals surface area contributed by atoms with Crippen molar-refractivity contribution in [2.75, 3.05) is 0 Å². The molecule has 0 N–H and O–H groups in total. The van der Waals surface area contributed by atoms with E-state index in [1.165, 1.54) is 31.2 Å². The van der Waals surface area contributed by atoms with Crippen molar-refractivity contribution in [2.45, 2.75) is 32.6 Å². The van der Waals surface area contributed by atoms with E-state index in [1.807, 2.05) is 12.1 Å². The summed E-state index contributed by atoms with van der Waals surface area (Å²) in [6, 6.07) is 12.4. The minimum atomic E-state index is 1.00. The highest BCUT2D eigenvalue weighted by atomic mass is 14.6. The van der Waals surface area contributed by atoms with Gasteiger partial charge in [0.25, 0.3) is 0 Å². The third-order valence-corrected chi connectivity index (χ3v) is 3.05. The molecule has 0 saturated heterocycles. The fraction of sp³-hybridized carbons (Fsp3) is 0.278. The van der Waals surface area contributed by atoms with E-state index in [0.717, 1.165) is 11.1 Å². The lowest BCUT2D eigenvalue weighted by Gasteiger charge is -2.00. The zero-order valence-corrected chi connectivity index (χ0v) is 11.4. The first kappa shape index (κ1) is 13.4. The van der Waals surface area contributed by atoms with Gasteiger partial charge in [0.05, 0.1) is 0 Å². The van der Waals surface area contributed by atoms with E-state index in [9.17, 15) is 0 Å². The molecule has 0 amide bonds. The molecular weight excluding hydrogens is 230 g/mol. The maximum atomic E-state index is 3.98. The molecular formula is C18H19N. The summed E-state index contributed by atoms with van der Waals surface area (Å²) in [7, 11) is 0. The smallest absolute Gasteiger partial charge is 0.0280 e. The predicted molar refractivity (Wildman–Crippen MR) is 79.9 cm³/mol. The Balaban J connectivity index is 1.97. The Morgan fingerprint density at radius 2 is 1.47 bits per heavy atom. The van der Waals surface area contributed by atoms with Gasteiger partial charge in [0.1, 0.15) is 0 Å². The van der Waals surface area contributed by atoms with Crippen molar-refractivity contribution >= 4 is 0 Å². The van der Waals surface area contributed by atoms with Gasteiger partial charge in [0.2, 0.25) is 0 Å². The van der Waals surface area contributed by atoms with Crippen LogP contribution in [0.1, 0.15) is 42.9 Å². The largest absolute Gasteiger partial charge is 0.265 e. The van der Waals surface area contributed by atoms with Gasteiger partial charge in [-0.05, 0) is 42.7 Å². The second kappa shape index (κ2) is 7.38. The maximum Gasteiger partial charge on any atom is 0.0280 e. The number of nitrogens with zero attached hydrogens (tertiary/aromatic N) is 1. The number of hydrogen-bond donors (Lipinski definition) is 0. The molecule has 1 aromatic heterocycles. The molecule has 0 radical (unpaired) electrons. The van der Waals surface area contributed by atoms with Crippen LogP contribution in [0.4, 0.5) is 0 Å². The van der Waals surface area contributed by atoms with Gasteiger partial charge in [-0.25, -0.2) is 0 Å². The van der Waals surface area contributed by atoms with Gasteiger partial charge in [0, 0.05) is 23.5 Å². The van der Waals surface area contributed by atoms with Gasteiger partial charge < -0.3 is 0 Å². The average Bonchev–Trinajstić information content (AvgIpc) is 2.48. The normalized spacial score (nSPS) is 9.74. The highest BCUT2D eigenvalue weighted by Gasteiger charge is 1.93. The van der Waals surface area contributed by atoms with E-state index in [2.05, 4.69) is 48.0 Å². The molecule has 2 aromatic rings. The molecule has 0 aliphatic heterocycles. The zero-order valence-electron chi connectivity index (χ0n) is 11.4. The van der Waals surface area contributed by atoms with E-state index in [1.54, 1.807) is 12.4 Å². The molecule has 0 spiro atoms. The average molecular weight is 249 g/mol. The van der Waals surface area contributed by atoms with E-state index in [-0.39, 0.29) is 0 Å². The topological polar surface area (TPSA) is 12.9 Å². The molecule has 0 aliphatic carbocycles. The van der Waals surface area contributed by atoms with Crippen LogP contribution in [0.5, 0.6) is 0 Å². The number of aryl methyl sites for hydroxylation is 1. The molecule has 0 bridgehead atoms. The Kier molecular flexibility index (Phi) is 5.19. The lowest BCUT2D eigenvalue weighted by Crippen LogP contribution is -1.85. The van der Waals surface area contributed by atoms with Crippen molar-refractivity contribution in [3.8, 4) is 11.8 Å². The van der Waals surface area contributed by atoms with Gasteiger partial charge in [-0.15, -0.1) is 0 Å². The quantitative estimate of drug-likeness (QED) is 0.584. The molecule has 1 heteroatoms. The fourth-order valence-corrected chi connectivity index (χ4v) is 1.91. The van der Waals surface area contributed by atoms with Crippen LogP contribution in [0.15, 0.2) is 48.8 Å². The Hall–Kier alpha value is -2.07. The van der Waals surface area contributed by atoms with Crippen molar-refractivity contribution in [3.05, 3.63) is 65.5 Å². The van der Waals surface area contributed by atoms with Crippen LogP contribution >= 0.6 is 0 Å². The lowest BCUT2D eigenvalue weighted by atomic mass is 10.1. The van der Waals surface area contributed by atoms with Crippen molar-refractivity contribution < 1.29 is 0 Å². The summed E-state index contributed by atoms with van der Waals surface area (Å²) in [6.07, 6.45) is 8.56. The van der Waals surface area contributed by atoms with Gasteiger partial charge in [-0.2, -0.15) is 0 Å². The molecule has 1 nitrogen and oxygen atoms in total. The van der Waals surface area contributed by atoms with Crippen molar-refractivity contribution in [2.24, 2.45) is 0 Å². The third-order valence-electron chi connectivity index (χ3n) is 3.05. The number of rotatable bonds is 4. The molecule has 0 atom stereocenters. The molecule has 96 valence electrons. The molecule has 0 unspecified atom stereocenters. The maximum absolute atomic E-state index is 3.98. The number of hydrogen-bond acceptors (Lipinski definition) is 1. The molecule has 0 aliphatic rings. The van der Waals surface area contributed by atoms with Crippen LogP contribution in [-0.2, 0) is 6.42 Å². The monoisotopic (exact) mass is 249 g/mol. The van der Waals surface area contributed by atoms with Gasteiger partial charge in [-0.1, -0.05) is 43.7 Å². The predicted octanol–water partition coefficient (Wildman–Crippen LogP) is 4.21. The SMILES string of the molecule is CCCCCc1ccc(C#Cc2ccncc2)cc1. The van der Waals surface area contributed by atoms with Crippen LogP contribution in [-0.4, -0.2) is 4.98 Å². The van der Waals surface area contributed by atoms with Crippen LogP contribution in [0, 0.1) is 11.8 Å². The fourth-order valence-electron chi connectivity index (χ4n) is 1.91. The summed E-state index contributed by atoms with van der Waals surface area (Å²) < 4.78 is 0. The van der Waals surface area contributed by atoms with Crippen molar-refractivity contribution in [3.63, 3.8) is 0 Å². The Labute approximate surface area is 115 Å². The first-order chi connectivity index (χ1) is 9.38. The second-order valence-corrected chi connectivity index (χ2v) is 4.64. The number of pyridine rings is 1. The Morgan fingerprint density at radius 3 is 2.11 bits per heavy atom. The van der Waals surface area contributed by atoms with E-state index in [0.29, 0.717) is 0 Å². The molecule has 19 heavy (non-hydrogen) atoms. The Bertz CT molecular complexity index is 544. The number of unbranched alkanes of at least 4 members (excludes halogenated alkanes) is 2. The molecule has 2 rings (SSSR count). The van der Waals surface area contributed by atoms with Crippen LogP contribution in [0.2, 0.25) is 0 Å². The van der Waals surface area contributed by atoms with Crippen LogP contribution in [0.3, 0.4) is 0 Å². The third kappa shape index (κ3) is 4.60. The number of aromatic nitrogens is 1. The summed E-state index contributed by atoms with van der Waals surface area (Å²) in [5.74, 6) is 6.32. The highest BCUT2D eigenvalue weighted by molar-refractivity contribution is 5.42. The zero-order chi connectivity index (χ0) is 13.3. The van der Waals surface area contributed by atoms with Crippen molar-refractivity contribution in [1.82, 2.24) is 4.98 Å². The van der Waals surface area contributed by atoms with Gasteiger partial charge in [0.15, 0.2) is 0 Å². The first-order valence-corrected chi connectivity index (χ1v) is 6.89. The van der Waals surface area contributed by atoms with Crippen LogP contribution in [0.25, 0.3) is 0 Å². The summed E-state index contributed by atoms with van der Waals surface area (Å²) in [4.78, 5) is 3.98. The minimum Gasteiger partial charge on any atom is -0.265 e. The molecule has 1 aromatic carbocycles. The summed E-state index contributed by atoms with van der Waals surface area (Å²) in [6.45, 7) is 2.23. The molecule has 0 fully saturated rings. The van der Waals surface area contributed by atoms with Gasteiger partial charge >= 0.3 is 0 Å². The highest BCUT2D eigenvalue weighted by Crippen LogP contribution is 2.08. The molecule has 0 saturated carbocycles. The Morgan fingerprint density at radius 1 is 0.842 bits per heavy atom.